The summed E-state index contributed by atoms with van der Waals surface area (Å²) in [4.78, 5) is 14.5. The van der Waals surface area contributed by atoms with E-state index in [4.69, 9.17) is 9.47 Å². The van der Waals surface area contributed by atoms with Crippen molar-refractivity contribution in [1.29, 1.82) is 0 Å². The third-order valence-corrected chi connectivity index (χ3v) is 4.41. The summed E-state index contributed by atoms with van der Waals surface area (Å²) in [5.41, 5.74) is 2.26. The third-order valence-electron chi connectivity index (χ3n) is 4.41. The zero-order chi connectivity index (χ0) is 18.2. The second-order valence-electron chi connectivity index (χ2n) is 6.04. The molecule has 0 amide bonds. The molecule has 0 saturated carbocycles. The van der Waals surface area contributed by atoms with E-state index in [1.807, 2.05) is 50.2 Å². The topological polar surface area (TPSA) is 38.8 Å². The highest BCUT2D eigenvalue weighted by atomic mass is 16.5. The first-order chi connectivity index (χ1) is 12.1. The number of nitrogens with zero attached hydrogens (tertiary/aromatic N) is 1. The van der Waals surface area contributed by atoms with Crippen LogP contribution in [0.5, 0.6) is 5.75 Å². The molecule has 4 heteroatoms. The molecule has 0 aliphatic heterocycles. The molecule has 2 aromatic carbocycles. The van der Waals surface area contributed by atoms with Gasteiger partial charge in [-0.3, -0.25) is 9.69 Å². The number of esters is 1. The zero-order valence-corrected chi connectivity index (χ0v) is 15.4. The minimum atomic E-state index is -0.346. The van der Waals surface area contributed by atoms with Crippen LogP contribution in [0.1, 0.15) is 37.9 Å². The number of hydrogen-bond donors (Lipinski definition) is 0. The SMILES string of the molecule is CCOC(=O)C(C)N(Cc1ccccc1)C(C)c1cccc(OC)c1. The molecule has 0 saturated heterocycles. The summed E-state index contributed by atoms with van der Waals surface area (Å²) in [5, 5.41) is 0. The number of ether oxygens (including phenoxy) is 2. The van der Waals surface area contributed by atoms with Crippen LogP contribution in [-0.2, 0) is 16.1 Å². The van der Waals surface area contributed by atoms with Crippen molar-refractivity contribution < 1.29 is 14.3 Å². The lowest BCUT2D eigenvalue weighted by Gasteiger charge is -2.33. The van der Waals surface area contributed by atoms with Crippen molar-refractivity contribution >= 4 is 5.97 Å². The first-order valence-corrected chi connectivity index (χ1v) is 8.67. The molecule has 0 heterocycles. The Hall–Kier alpha value is -2.33. The molecule has 0 aliphatic carbocycles. The van der Waals surface area contributed by atoms with E-state index >= 15 is 0 Å². The number of carbonyl (C=O) groups is 1. The number of methoxy groups -OCH3 is 1. The van der Waals surface area contributed by atoms with Gasteiger partial charge in [0.1, 0.15) is 11.8 Å². The Morgan fingerprint density at radius 1 is 1.08 bits per heavy atom. The maximum Gasteiger partial charge on any atom is 0.323 e. The lowest BCUT2D eigenvalue weighted by Crippen LogP contribution is -2.41. The van der Waals surface area contributed by atoms with Gasteiger partial charge in [-0.1, -0.05) is 42.5 Å². The Labute approximate surface area is 150 Å². The lowest BCUT2D eigenvalue weighted by molar-refractivity contribution is -0.150. The molecule has 2 aromatic rings. The molecule has 0 spiro atoms. The summed E-state index contributed by atoms with van der Waals surface area (Å²) in [6.45, 7) is 6.89. The molecule has 0 radical (unpaired) electrons. The van der Waals surface area contributed by atoms with Crippen molar-refractivity contribution in [1.82, 2.24) is 4.90 Å². The Morgan fingerprint density at radius 3 is 2.44 bits per heavy atom. The van der Waals surface area contributed by atoms with E-state index in [-0.39, 0.29) is 18.1 Å². The van der Waals surface area contributed by atoms with Crippen LogP contribution in [0, 0.1) is 0 Å². The summed E-state index contributed by atoms with van der Waals surface area (Å²) in [7, 11) is 1.66. The van der Waals surface area contributed by atoms with E-state index in [9.17, 15) is 4.79 Å². The van der Waals surface area contributed by atoms with Gasteiger partial charge < -0.3 is 9.47 Å². The Balaban J connectivity index is 2.30. The Bertz CT molecular complexity index is 672. The minimum Gasteiger partial charge on any atom is -0.497 e. The molecule has 134 valence electrons. The van der Waals surface area contributed by atoms with Crippen molar-refractivity contribution in [2.24, 2.45) is 0 Å². The zero-order valence-electron chi connectivity index (χ0n) is 15.4. The van der Waals surface area contributed by atoms with Gasteiger partial charge in [-0.05, 0) is 44.0 Å². The highest BCUT2D eigenvalue weighted by Crippen LogP contribution is 2.27. The highest BCUT2D eigenvalue weighted by molar-refractivity contribution is 5.75. The van der Waals surface area contributed by atoms with Gasteiger partial charge in [-0.25, -0.2) is 0 Å². The average Bonchev–Trinajstić information content (AvgIpc) is 2.66. The number of carbonyl (C=O) groups excluding carboxylic acids is 1. The summed E-state index contributed by atoms with van der Waals surface area (Å²) >= 11 is 0. The standard InChI is InChI=1S/C21H27NO3/c1-5-25-21(23)17(3)22(15-18-10-7-6-8-11-18)16(2)19-12-9-13-20(14-19)24-4/h6-14,16-17H,5,15H2,1-4H3. The smallest absolute Gasteiger partial charge is 0.323 e. The van der Waals surface area contributed by atoms with Crippen LogP contribution in [0.4, 0.5) is 0 Å². The normalized spacial score (nSPS) is 13.3. The van der Waals surface area contributed by atoms with Crippen LogP contribution >= 0.6 is 0 Å². The largest absolute Gasteiger partial charge is 0.497 e. The lowest BCUT2D eigenvalue weighted by atomic mass is 10.0. The van der Waals surface area contributed by atoms with E-state index in [0.717, 1.165) is 16.9 Å². The molecule has 2 atom stereocenters. The van der Waals surface area contributed by atoms with Crippen molar-refractivity contribution in [2.75, 3.05) is 13.7 Å². The number of hydrogen-bond acceptors (Lipinski definition) is 4. The van der Waals surface area contributed by atoms with Crippen molar-refractivity contribution in [3.63, 3.8) is 0 Å². The van der Waals surface area contributed by atoms with E-state index in [1.165, 1.54) is 0 Å². The first kappa shape index (κ1) is 19.0. The van der Waals surface area contributed by atoms with Crippen LogP contribution in [0.2, 0.25) is 0 Å². The van der Waals surface area contributed by atoms with Crippen LogP contribution < -0.4 is 4.74 Å². The fourth-order valence-electron chi connectivity index (χ4n) is 2.89. The van der Waals surface area contributed by atoms with Gasteiger partial charge in [0, 0.05) is 12.6 Å². The monoisotopic (exact) mass is 341 g/mol. The molecule has 25 heavy (non-hydrogen) atoms. The van der Waals surface area contributed by atoms with Crippen molar-refractivity contribution in [3.05, 3.63) is 65.7 Å². The van der Waals surface area contributed by atoms with Crippen LogP contribution in [0.3, 0.4) is 0 Å². The van der Waals surface area contributed by atoms with Gasteiger partial charge in [-0.15, -0.1) is 0 Å². The Kier molecular flexibility index (Phi) is 7.02. The maximum absolute atomic E-state index is 12.3. The van der Waals surface area contributed by atoms with Gasteiger partial charge in [-0.2, -0.15) is 0 Å². The third kappa shape index (κ3) is 5.07. The van der Waals surface area contributed by atoms with Crippen LogP contribution in [-0.4, -0.2) is 30.6 Å². The average molecular weight is 341 g/mol. The molecule has 0 N–H and O–H groups in total. The molecule has 2 rings (SSSR count). The second-order valence-corrected chi connectivity index (χ2v) is 6.04. The molecule has 2 unspecified atom stereocenters. The van der Waals surface area contributed by atoms with E-state index in [2.05, 4.69) is 30.0 Å². The molecule has 4 nitrogen and oxygen atoms in total. The maximum atomic E-state index is 12.3. The molecule has 0 bridgehead atoms. The summed E-state index contributed by atoms with van der Waals surface area (Å²) < 4.78 is 10.6. The quantitative estimate of drug-likeness (QED) is 0.674. The van der Waals surface area contributed by atoms with E-state index < -0.39 is 0 Å². The van der Waals surface area contributed by atoms with Gasteiger partial charge >= 0.3 is 5.97 Å². The predicted molar refractivity (Wildman–Crippen MR) is 99.5 cm³/mol. The first-order valence-electron chi connectivity index (χ1n) is 8.67. The number of benzene rings is 2. The summed E-state index contributed by atoms with van der Waals surface area (Å²) in [6, 6.07) is 17.8. The van der Waals surface area contributed by atoms with Gasteiger partial charge in [0.2, 0.25) is 0 Å². The molecule has 0 aromatic heterocycles. The second kappa shape index (κ2) is 9.23. The predicted octanol–water partition coefficient (Wildman–Crippen LogP) is 4.21. The summed E-state index contributed by atoms with van der Waals surface area (Å²) in [6.07, 6.45) is 0. The van der Waals surface area contributed by atoms with Gasteiger partial charge in [0.15, 0.2) is 0 Å². The van der Waals surface area contributed by atoms with Crippen LogP contribution in [0.15, 0.2) is 54.6 Å². The van der Waals surface area contributed by atoms with Gasteiger partial charge in [0.25, 0.3) is 0 Å². The van der Waals surface area contributed by atoms with Crippen molar-refractivity contribution in [3.8, 4) is 5.75 Å². The highest BCUT2D eigenvalue weighted by Gasteiger charge is 2.28. The fraction of sp³-hybridized carbons (Fsp3) is 0.381. The van der Waals surface area contributed by atoms with Crippen LogP contribution in [0.25, 0.3) is 0 Å². The summed E-state index contributed by atoms with van der Waals surface area (Å²) in [5.74, 6) is 0.612. The number of rotatable bonds is 8. The van der Waals surface area contributed by atoms with Gasteiger partial charge in [0.05, 0.1) is 13.7 Å². The fourth-order valence-corrected chi connectivity index (χ4v) is 2.89. The van der Waals surface area contributed by atoms with Crippen molar-refractivity contribution in [2.45, 2.75) is 39.4 Å². The minimum absolute atomic E-state index is 0.0368. The molecular formula is C21H27NO3. The molecular weight excluding hydrogens is 314 g/mol. The van der Waals surface area contributed by atoms with E-state index in [0.29, 0.717) is 13.2 Å². The molecule has 0 aliphatic rings. The van der Waals surface area contributed by atoms with E-state index in [1.54, 1.807) is 7.11 Å². The Morgan fingerprint density at radius 2 is 1.80 bits per heavy atom. The molecule has 0 fully saturated rings.